The molecule has 1 aromatic rings. The minimum Gasteiger partial charge on any atom is -0.496 e. The lowest BCUT2D eigenvalue weighted by atomic mass is 9.91. The summed E-state index contributed by atoms with van der Waals surface area (Å²) in [7, 11) is 1.75. The van der Waals surface area contributed by atoms with Crippen LogP contribution in [0.4, 0.5) is 0 Å². The van der Waals surface area contributed by atoms with E-state index >= 15 is 0 Å². The summed E-state index contributed by atoms with van der Waals surface area (Å²) < 4.78 is 5.49. The Kier molecular flexibility index (Phi) is 4.51. The van der Waals surface area contributed by atoms with Crippen molar-refractivity contribution in [2.75, 3.05) is 7.11 Å². The van der Waals surface area contributed by atoms with Gasteiger partial charge in [-0.25, -0.2) is 0 Å². The molecular weight excluding hydrogens is 234 g/mol. The molecule has 0 heterocycles. The lowest BCUT2D eigenvalue weighted by Gasteiger charge is -2.25. The zero-order valence-electron chi connectivity index (χ0n) is 12.7. The molecule has 0 aliphatic heterocycles. The molecular formula is C17H27NO. The van der Waals surface area contributed by atoms with E-state index in [1.807, 2.05) is 6.07 Å². The van der Waals surface area contributed by atoms with Crippen LogP contribution in [0.5, 0.6) is 5.75 Å². The highest BCUT2D eigenvalue weighted by atomic mass is 16.5. The summed E-state index contributed by atoms with van der Waals surface area (Å²) in [6.45, 7) is 6.99. The van der Waals surface area contributed by atoms with Gasteiger partial charge in [-0.1, -0.05) is 39.0 Å². The van der Waals surface area contributed by atoms with Gasteiger partial charge < -0.3 is 10.1 Å². The first-order chi connectivity index (χ1) is 9.05. The van der Waals surface area contributed by atoms with Gasteiger partial charge in [0.05, 0.1) is 7.11 Å². The summed E-state index contributed by atoms with van der Waals surface area (Å²) in [4.78, 5) is 0. The van der Waals surface area contributed by atoms with Gasteiger partial charge in [-0.2, -0.15) is 0 Å². The Labute approximate surface area is 117 Å². The predicted octanol–water partition coefficient (Wildman–Crippen LogP) is 4.31. The first-order valence-electron chi connectivity index (χ1n) is 7.44. The molecule has 1 aromatic carbocycles. The van der Waals surface area contributed by atoms with E-state index in [1.54, 1.807) is 7.11 Å². The molecule has 0 saturated heterocycles. The van der Waals surface area contributed by atoms with Gasteiger partial charge in [-0.3, -0.25) is 0 Å². The van der Waals surface area contributed by atoms with Gasteiger partial charge in [-0.05, 0) is 37.2 Å². The number of hydrogen-bond acceptors (Lipinski definition) is 2. The van der Waals surface area contributed by atoms with E-state index < -0.39 is 0 Å². The first-order valence-corrected chi connectivity index (χ1v) is 7.44. The van der Waals surface area contributed by atoms with E-state index in [1.165, 1.54) is 24.8 Å². The maximum Gasteiger partial charge on any atom is 0.123 e. The lowest BCUT2D eigenvalue weighted by molar-refractivity contribution is 0.345. The number of hydrogen-bond donors (Lipinski definition) is 1. The summed E-state index contributed by atoms with van der Waals surface area (Å²) in [6, 6.07) is 9.41. The first kappa shape index (κ1) is 14.4. The zero-order valence-corrected chi connectivity index (χ0v) is 12.7. The van der Waals surface area contributed by atoms with Crippen molar-refractivity contribution >= 4 is 0 Å². The van der Waals surface area contributed by atoms with Crippen LogP contribution in [0.2, 0.25) is 0 Å². The van der Waals surface area contributed by atoms with Gasteiger partial charge in [0, 0.05) is 17.6 Å². The molecule has 0 spiro atoms. The molecule has 2 atom stereocenters. The van der Waals surface area contributed by atoms with Gasteiger partial charge >= 0.3 is 0 Å². The topological polar surface area (TPSA) is 21.3 Å². The predicted molar refractivity (Wildman–Crippen MR) is 80.6 cm³/mol. The number of rotatable bonds is 5. The summed E-state index contributed by atoms with van der Waals surface area (Å²) >= 11 is 0. The number of ether oxygens (including phenoxy) is 1. The van der Waals surface area contributed by atoms with Crippen LogP contribution in [0.15, 0.2) is 24.3 Å². The maximum atomic E-state index is 5.49. The van der Waals surface area contributed by atoms with Crippen molar-refractivity contribution in [3.8, 4) is 5.75 Å². The van der Waals surface area contributed by atoms with E-state index in [0.717, 1.165) is 12.2 Å². The number of nitrogens with one attached hydrogen (secondary N) is 1. The Morgan fingerprint density at radius 1 is 1.37 bits per heavy atom. The average Bonchev–Trinajstić information content (AvgIpc) is 2.75. The summed E-state index contributed by atoms with van der Waals surface area (Å²) in [5.74, 6) is 0.999. The minimum absolute atomic E-state index is 0.398. The molecule has 0 radical (unpaired) electrons. The fraction of sp³-hybridized carbons (Fsp3) is 0.647. The van der Waals surface area contributed by atoms with Gasteiger partial charge in [0.25, 0.3) is 0 Å². The van der Waals surface area contributed by atoms with E-state index in [4.69, 9.17) is 4.74 Å². The molecule has 1 N–H and O–H groups in total. The molecule has 2 rings (SSSR count). The molecule has 0 bridgehead atoms. The standard InChI is InChI=1S/C17H27NO/c1-5-15(14-8-6-7-9-16(14)19-4)18-13-10-11-17(2,3)12-13/h6-9,13,15,18H,5,10-12H2,1-4H3. The second kappa shape index (κ2) is 5.96. The van der Waals surface area contributed by atoms with Crippen LogP contribution >= 0.6 is 0 Å². The summed E-state index contributed by atoms with van der Waals surface area (Å²) in [5.41, 5.74) is 1.79. The Hall–Kier alpha value is -1.02. The molecule has 1 saturated carbocycles. The van der Waals surface area contributed by atoms with Crippen molar-refractivity contribution in [2.45, 2.75) is 58.5 Å². The highest BCUT2D eigenvalue weighted by Gasteiger charge is 2.32. The second-order valence-corrected chi connectivity index (χ2v) is 6.47. The molecule has 1 aliphatic carbocycles. The smallest absolute Gasteiger partial charge is 0.123 e. The number of benzene rings is 1. The Morgan fingerprint density at radius 2 is 2.11 bits per heavy atom. The molecule has 2 unspecified atom stereocenters. The van der Waals surface area contributed by atoms with Crippen LogP contribution in [0.3, 0.4) is 0 Å². The summed E-state index contributed by atoms with van der Waals surface area (Å²) in [6.07, 6.45) is 4.99. The van der Waals surface area contributed by atoms with Gasteiger partial charge in [-0.15, -0.1) is 0 Å². The Morgan fingerprint density at radius 3 is 2.68 bits per heavy atom. The summed E-state index contributed by atoms with van der Waals surface area (Å²) in [5, 5.41) is 3.83. The number of methoxy groups -OCH3 is 1. The van der Waals surface area contributed by atoms with Crippen LogP contribution < -0.4 is 10.1 Å². The van der Waals surface area contributed by atoms with Crippen LogP contribution in [0.1, 0.15) is 58.1 Å². The quantitative estimate of drug-likeness (QED) is 0.852. The third-order valence-electron chi connectivity index (χ3n) is 4.33. The van der Waals surface area contributed by atoms with Crippen molar-refractivity contribution in [1.29, 1.82) is 0 Å². The fourth-order valence-electron chi connectivity index (χ4n) is 3.24. The highest BCUT2D eigenvalue weighted by Crippen LogP contribution is 2.38. The Bertz CT molecular complexity index is 413. The van der Waals surface area contributed by atoms with Crippen molar-refractivity contribution in [3.05, 3.63) is 29.8 Å². The lowest BCUT2D eigenvalue weighted by Crippen LogP contribution is -2.31. The number of para-hydroxylation sites is 1. The van der Waals surface area contributed by atoms with Gasteiger partial charge in [0.2, 0.25) is 0 Å². The van der Waals surface area contributed by atoms with Crippen LogP contribution in [-0.4, -0.2) is 13.2 Å². The monoisotopic (exact) mass is 261 g/mol. The molecule has 2 heteroatoms. The normalized spacial score (nSPS) is 23.3. The van der Waals surface area contributed by atoms with Crippen molar-refractivity contribution in [1.82, 2.24) is 5.32 Å². The zero-order chi connectivity index (χ0) is 13.9. The van der Waals surface area contributed by atoms with Crippen LogP contribution in [0.25, 0.3) is 0 Å². The third kappa shape index (κ3) is 3.50. The molecule has 1 aliphatic rings. The fourth-order valence-corrected chi connectivity index (χ4v) is 3.24. The van der Waals surface area contributed by atoms with E-state index in [2.05, 4.69) is 44.3 Å². The molecule has 106 valence electrons. The molecule has 1 fully saturated rings. The SMILES string of the molecule is CCC(NC1CCC(C)(C)C1)c1ccccc1OC. The molecule has 0 amide bonds. The second-order valence-electron chi connectivity index (χ2n) is 6.47. The van der Waals surface area contributed by atoms with Crippen molar-refractivity contribution < 1.29 is 4.74 Å². The van der Waals surface area contributed by atoms with E-state index in [-0.39, 0.29) is 0 Å². The van der Waals surface area contributed by atoms with Crippen molar-refractivity contribution in [2.24, 2.45) is 5.41 Å². The largest absolute Gasteiger partial charge is 0.496 e. The minimum atomic E-state index is 0.398. The van der Waals surface area contributed by atoms with E-state index in [0.29, 0.717) is 17.5 Å². The maximum absolute atomic E-state index is 5.49. The van der Waals surface area contributed by atoms with Crippen molar-refractivity contribution in [3.63, 3.8) is 0 Å². The van der Waals surface area contributed by atoms with Crippen LogP contribution in [0, 0.1) is 5.41 Å². The highest BCUT2D eigenvalue weighted by molar-refractivity contribution is 5.35. The van der Waals surface area contributed by atoms with Crippen LogP contribution in [-0.2, 0) is 0 Å². The van der Waals surface area contributed by atoms with Gasteiger partial charge in [0.1, 0.15) is 5.75 Å². The molecule has 0 aromatic heterocycles. The average molecular weight is 261 g/mol. The van der Waals surface area contributed by atoms with E-state index in [9.17, 15) is 0 Å². The Balaban J connectivity index is 2.08. The third-order valence-corrected chi connectivity index (χ3v) is 4.33. The molecule has 19 heavy (non-hydrogen) atoms. The molecule has 2 nitrogen and oxygen atoms in total. The van der Waals surface area contributed by atoms with Gasteiger partial charge in [0.15, 0.2) is 0 Å².